The highest BCUT2D eigenvalue weighted by atomic mass is 32.2. The van der Waals surface area contributed by atoms with Gasteiger partial charge < -0.3 is 25.0 Å². The third kappa shape index (κ3) is 5.85. The first-order valence-electron chi connectivity index (χ1n) is 12.2. The van der Waals surface area contributed by atoms with Gasteiger partial charge in [-0.1, -0.05) is 17.8 Å². The number of anilines is 1. The summed E-state index contributed by atoms with van der Waals surface area (Å²) in [7, 11) is 0. The lowest BCUT2D eigenvalue weighted by atomic mass is 10.1. The van der Waals surface area contributed by atoms with Crippen LogP contribution in [0.1, 0.15) is 49.0 Å². The third-order valence-electron chi connectivity index (χ3n) is 6.16. The molecule has 0 aromatic heterocycles. The normalized spacial score (nSPS) is 18.1. The summed E-state index contributed by atoms with van der Waals surface area (Å²) in [4.78, 5) is 27.9. The number of carbonyl (C=O) groups is 2. The van der Waals surface area contributed by atoms with Gasteiger partial charge in [0, 0.05) is 17.0 Å². The number of carbonyl (C=O) groups excluding carboxylic acids is 2. The van der Waals surface area contributed by atoms with Gasteiger partial charge in [-0.05, 0) is 75.4 Å². The van der Waals surface area contributed by atoms with E-state index in [0.29, 0.717) is 31.7 Å². The molecule has 0 radical (unpaired) electrons. The van der Waals surface area contributed by atoms with Gasteiger partial charge in [-0.25, -0.2) is 0 Å². The highest BCUT2D eigenvalue weighted by Gasteiger charge is 2.36. The minimum Gasteiger partial charge on any atom is -0.490 e. The van der Waals surface area contributed by atoms with Gasteiger partial charge in [-0.15, -0.1) is 0 Å². The van der Waals surface area contributed by atoms with Gasteiger partial charge in [0.1, 0.15) is 0 Å². The van der Waals surface area contributed by atoms with Gasteiger partial charge in [0.05, 0.1) is 32.0 Å². The fraction of sp³-hybridized carbons (Fsp3) is 0.462. The minimum atomic E-state index is -0.151. The minimum absolute atomic E-state index is 0.0348. The highest BCUT2D eigenvalue weighted by Crippen LogP contribution is 2.34. The van der Waals surface area contributed by atoms with Crippen LogP contribution in [-0.2, 0) is 11.2 Å². The summed E-state index contributed by atoms with van der Waals surface area (Å²) in [5.41, 5.74) is 2.33. The van der Waals surface area contributed by atoms with E-state index >= 15 is 0 Å². The van der Waals surface area contributed by atoms with E-state index in [9.17, 15) is 9.59 Å². The van der Waals surface area contributed by atoms with E-state index in [1.165, 1.54) is 24.2 Å². The molecule has 2 aliphatic heterocycles. The maximum absolute atomic E-state index is 12.7. The van der Waals surface area contributed by atoms with Gasteiger partial charge in [0.25, 0.3) is 11.8 Å². The van der Waals surface area contributed by atoms with Gasteiger partial charge in [-0.3, -0.25) is 9.59 Å². The second kappa shape index (κ2) is 11.6. The van der Waals surface area contributed by atoms with Crippen molar-refractivity contribution in [3.8, 4) is 11.5 Å². The molecule has 0 aliphatic carbocycles. The molecule has 8 heteroatoms. The van der Waals surface area contributed by atoms with Crippen LogP contribution in [0, 0.1) is 0 Å². The molecule has 2 aliphatic rings. The maximum Gasteiger partial charge on any atom is 0.294 e. The molecule has 1 saturated heterocycles. The smallest absolute Gasteiger partial charge is 0.294 e. The van der Waals surface area contributed by atoms with E-state index in [1.54, 1.807) is 17.8 Å². The molecule has 34 heavy (non-hydrogen) atoms. The molecule has 0 bridgehead atoms. The molecule has 2 aromatic carbocycles. The van der Waals surface area contributed by atoms with Crippen molar-refractivity contribution in [3.63, 3.8) is 0 Å². The molecule has 0 saturated carbocycles. The van der Waals surface area contributed by atoms with E-state index < -0.39 is 0 Å². The topological polar surface area (TPSA) is 81.1 Å². The van der Waals surface area contributed by atoms with E-state index in [2.05, 4.69) is 10.6 Å². The van der Waals surface area contributed by atoms with E-state index in [-0.39, 0.29) is 17.2 Å². The molecule has 2 heterocycles. The van der Waals surface area contributed by atoms with Crippen molar-refractivity contribution in [1.29, 1.82) is 0 Å². The molecule has 1 atom stereocenters. The number of rotatable bonds is 9. The quantitative estimate of drug-likeness (QED) is 0.510. The van der Waals surface area contributed by atoms with Gasteiger partial charge in [-0.2, -0.15) is 0 Å². The number of benzene rings is 2. The molecule has 2 aromatic rings. The van der Waals surface area contributed by atoms with Crippen molar-refractivity contribution in [2.75, 3.05) is 38.2 Å². The average molecular weight is 485 g/mol. The summed E-state index contributed by atoms with van der Waals surface area (Å²) in [5.74, 6) is 1.34. The Morgan fingerprint density at radius 3 is 2.59 bits per heavy atom. The Hall–Kier alpha value is -2.71. The molecule has 0 spiro atoms. The van der Waals surface area contributed by atoms with E-state index in [0.717, 1.165) is 40.7 Å². The summed E-state index contributed by atoms with van der Waals surface area (Å²) < 4.78 is 11.3. The van der Waals surface area contributed by atoms with Gasteiger partial charge >= 0.3 is 0 Å². The summed E-state index contributed by atoms with van der Waals surface area (Å²) >= 11 is 1.61. The maximum atomic E-state index is 12.7. The lowest BCUT2D eigenvalue weighted by molar-refractivity contribution is -0.906. The van der Waals surface area contributed by atoms with Crippen LogP contribution < -0.4 is 25.0 Å². The molecular weight excluding hydrogens is 450 g/mol. The fourth-order valence-electron chi connectivity index (χ4n) is 4.46. The average Bonchev–Trinajstić information content (AvgIpc) is 2.85. The Morgan fingerprint density at radius 2 is 1.82 bits per heavy atom. The Labute approximate surface area is 205 Å². The van der Waals surface area contributed by atoms with Crippen molar-refractivity contribution in [1.82, 2.24) is 5.32 Å². The molecule has 4 rings (SSSR count). The lowest BCUT2D eigenvalue weighted by Gasteiger charge is -2.33. The number of hydrogen-bond donors (Lipinski definition) is 3. The fourth-order valence-corrected chi connectivity index (χ4v) is 5.67. The molecule has 3 N–H and O–H groups in total. The summed E-state index contributed by atoms with van der Waals surface area (Å²) in [6.07, 6.45) is 4.28. The van der Waals surface area contributed by atoms with Gasteiger partial charge in [0.2, 0.25) is 5.37 Å². The zero-order chi connectivity index (χ0) is 23.9. The number of fused-ring (bicyclic) bond motifs is 1. The number of ether oxygens (including phenoxy) is 2. The second-order valence-corrected chi connectivity index (χ2v) is 9.72. The third-order valence-corrected chi connectivity index (χ3v) is 7.55. The number of nitrogens with one attached hydrogen (secondary N) is 3. The van der Waals surface area contributed by atoms with Crippen LogP contribution >= 0.6 is 11.8 Å². The Morgan fingerprint density at radius 1 is 1.06 bits per heavy atom. The van der Waals surface area contributed by atoms with Crippen molar-refractivity contribution in [2.45, 2.75) is 49.8 Å². The summed E-state index contributed by atoms with van der Waals surface area (Å²) in [6.45, 7) is 7.61. The monoisotopic (exact) mass is 484 g/mol. The van der Waals surface area contributed by atoms with Crippen LogP contribution in [0.2, 0.25) is 0 Å². The number of thioether (sulfide) groups is 1. The molecule has 1 unspecified atom stereocenters. The first-order valence-corrected chi connectivity index (χ1v) is 13.1. The molecular formula is C26H34N3O4S+. The SMILES string of the molecule is CCOc1ccc(CCNC(=O)c2ccc3c(c2)NC(=O)C([NH+]2CCCCC2)S3)cc1OCC. The standard InChI is InChI=1S/C26H33N3O4S/c1-3-32-21-10-8-18(16-22(21)33-4-2)12-13-27-24(30)19-9-11-23-20(17-19)28-25(31)26(34-23)29-14-6-5-7-15-29/h8-11,16-17,26H,3-7,12-15H2,1-2H3,(H,27,30)(H,28,31)/p+1. The predicted octanol–water partition coefficient (Wildman–Crippen LogP) is 2.90. The first-order chi connectivity index (χ1) is 16.6. The predicted molar refractivity (Wildman–Crippen MR) is 134 cm³/mol. The van der Waals surface area contributed by atoms with Crippen molar-refractivity contribution >= 4 is 29.3 Å². The zero-order valence-electron chi connectivity index (χ0n) is 19.9. The number of piperidine rings is 1. The second-order valence-electron chi connectivity index (χ2n) is 8.57. The van der Waals surface area contributed by atoms with Crippen LogP contribution in [0.15, 0.2) is 41.3 Å². The van der Waals surface area contributed by atoms with Crippen LogP contribution in [0.25, 0.3) is 0 Å². The van der Waals surface area contributed by atoms with Gasteiger partial charge in [0.15, 0.2) is 11.5 Å². The Bertz CT molecular complexity index is 1020. The van der Waals surface area contributed by atoms with Crippen molar-refractivity contribution in [2.24, 2.45) is 0 Å². The molecule has 1 fully saturated rings. The largest absolute Gasteiger partial charge is 0.490 e. The molecule has 7 nitrogen and oxygen atoms in total. The summed E-state index contributed by atoms with van der Waals surface area (Å²) in [5, 5.41) is 5.91. The number of hydrogen-bond acceptors (Lipinski definition) is 5. The van der Waals surface area contributed by atoms with Crippen LogP contribution in [0.5, 0.6) is 11.5 Å². The number of amides is 2. The van der Waals surface area contributed by atoms with Crippen molar-refractivity contribution < 1.29 is 24.0 Å². The summed E-state index contributed by atoms with van der Waals surface area (Å²) in [6, 6.07) is 11.4. The van der Waals surface area contributed by atoms with E-state index in [4.69, 9.17) is 9.47 Å². The Kier molecular flexibility index (Phi) is 8.34. The number of likely N-dealkylation sites (tertiary alicyclic amines) is 1. The number of quaternary nitrogens is 1. The molecule has 2 amide bonds. The van der Waals surface area contributed by atoms with Crippen LogP contribution in [-0.4, -0.2) is 50.0 Å². The van der Waals surface area contributed by atoms with E-state index in [1.807, 2.05) is 44.2 Å². The first kappa shape index (κ1) is 24.4. The zero-order valence-corrected chi connectivity index (χ0v) is 20.8. The lowest BCUT2D eigenvalue weighted by Crippen LogP contribution is -3.17. The van der Waals surface area contributed by atoms with Crippen LogP contribution in [0.3, 0.4) is 0 Å². The van der Waals surface area contributed by atoms with Crippen LogP contribution in [0.4, 0.5) is 5.69 Å². The van der Waals surface area contributed by atoms with Crippen molar-refractivity contribution in [3.05, 3.63) is 47.5 Å². The highest BCUT2D eigenvalue weighted by molar-refractivity contribution is 8.00. The molecule has 182 valence electrons. The Balaban J connectivity index is 1.34.